The molecule has 0 spiro atoms. The lowest BCUT2D eigenvalue weighted by molar-refractivity contribution is -0.150. The number of carbonyl (C=O) groups excluding carboxylic acids is 1. The molecule has 0 unspecified atom stereocenters. The number of carbonyl (C=O) groups is 1. The van der Waals surface area contributed by atoms with Crippen LogP contribution in [0.5, 0.6) is 0 Å². The lowest BCUT2D eigenvalue weighted by Crippen LogP contribution is -2.51. The molecule has 1 saturated heterocycles. The van der Waals surface area contributed by atoms with Gasteiger partial charge in [-0.15, -0.1) is 0 Å². The minimum absolute atomic E-state index is 0.0164. The van der Waals surface area contributed by atoms with Crippen LogP contribution in [0.3, 0.4) is 0 Å². The number of amides is 1. The van der Waals surface area contributed by atoms with Crippen LogP contribution in [-0.4, -0.2) is 47.8 Å². The van der Waals surface area contributed by atoms with Crippen molar-refractivity contribution in [2.24, 2.45) is 5.92 Å². The second kappa shape index (κ2) is 6.97. The smallest absolute Gasteiger partial charge is 0.225 e. The Morgan fingerprint density at radius 2 is 2.24 bits per heavy atom. The Kier molecular flexibility index (Phi) is 5.92. The number of morpholine rings is 1. The van der Waals surface area contributed by atoms with Gasteiger partial charge < -0.3 is 14.7 Å². The molecule has 1 amide bonds. The molecule has 4 heteroatoms. The summed E-state index contributed by atoms with van der Waals surface area (Å²) in [7, 11) is 0. The molecular weight excluding hydrogens is 218 g/mol. The van der Waals surface area contributed by atoms with Gasteiger partial charge >= 0.3 is 0 Å². The van der Waals surface area contributed by atoms with E-state index in [-0.39, 0.29) is 30.6 Å². The van der Waals surface area contributed by atoms with Gasteiger partial charge in [-0.25, -0.2) is 0 Å². The van der Waals surface area contributed by atoms with Gasteiger partial charge in [0, 0.05) is 19.0 Å². The summed E-state index contributed by atoms with van der Waals surface area (Å²) in [5, 5.41) is 9.13. The molecule has 0 bridgehead atoms. The van der Waals surface area contributed by atoms with E-state index >= 15 is 0 Å². The van der Waals surface area contributed by atoms with Crippen LogP contribution in [0.4, 0.5) is 0 Å². The fourth-order valence-corrected chi connectivity index (χ4v) is 2.27. The summed E-state index contributed by atoms with van der Waals surface area (Å²) >= 11 is 0. The molecule has 1 aliphatic heterocycles. The van der Waals surface area contributed by atoms with Crippen molar-refractivity contribution in [3.8, 4) is 0 Å². The molecule has 0 aromatic carbocycles. The van der Waals surface area contributed by atoms with E-state index in [1.807, 2.05) is 18.7 Å². The van der Waals surface area contributed by atoms with Crippen molar-refractivity contribution < 1.29 is 14.6 Å². The molecule has 1 heterocycles. The standard InChI is InChI=1S/C13H25NO3/c1-4-5-6-10(2)13(16)14-7-11(3)17-12(8-14)9-15/h10-12,15H,4-9H2,1-3H3/t10-,11-,12+/m0/s1. The molecule has 1 N–H and O–H groups in total. The summed E-state index contributed by atoms with van der Waals surface area (Å²) in [4.78, 5) is 14.0. The van der Waals surface area contributed by atoms with Crippen molar-refractivity contribution in [1.29, 1.82) is 0 Å². The first-order valence-corrected chi connectivity index (χ1v) is 6.63. The summed E-state index contributed by atoms with van der Waals surface area (Å²) < 4.78 is 5.53. The normalized spacial score (nSPS) is 26.9. The first-order valence-electron chi connectivity index (χ1n) is 6.63. The van der Waals surface area contributed by atoms with Gasteiger partial charge in [-0.1, -0.05) is 26.7 Å². The van der Waals surface area contributed by atoms with E-state index in [1.54, 1.807) is 0 Å². The summed E-state index contributed by atoms with van der Waals surface area (Å²) in [5.41, 5.74) is 0. The zero-order valence-corrected chi connectivity index (χ0v) is 11.2. The predicted molar refractivity (Wildman–Crippen MR) is 66.7 cm³/mol. The second-order valence-electron chi connectivity index (χ2n) is 5.04. The van der Waals surface area contributed by atoms with Crippen molar-refractivity contribution >= 4 is 5.91 Å². The average Bonchev–Trinajstić information content (AvgIpc) is 2.34. The highest BCUT2D eigenvalue weighted by molar-refractivity contribution is 5.78. The van der Waals surface area contributed by atoms with Crippen LogP contribution in [-0.2, 0) is 9.53 Å². The largest absolute Gasteiger partial charge is 0.394 e. The summed E-state index contributed by atoms with van der Waals surface area (Å²) in [6, 6.07) is 0. The topological polar surface area (TPSA) is 49.8 Å². The van der Waals surface area contributed by atoms with E-state index in [0.717, 1.165) is 19.3 Å². The number of aliphatic hydroxyl groups excluding tert-OH is 1. The van der Waals surface area contributed by atoms with Crippen molar-refractivity contribution in [3.63, 3.8) is 0 Å². The van der Waals surface area contributed by atoms with Crippen molar-refractivity contribution in [1.82, 2.24) is 4.90 Å². The third-order valence-corrected chi connectivity index (χ3v) is 3.25. The Hall–Kier alpha value is -0.610. The van der Waals surface area contributed by atoms with E-state index < -0.39 is 0 Å². The maximum Gasteiger partial charge on any atom is 0.225 e. The van der Waals surface area contributed by atoms with Crippen LogP contribution < -0.4 is 0 Å². The molecule has 17 heavy (non-hydrogen) atoms. The summed E-state index contributed by atoms with van der Waals surface area (Å²) in [6.07, 6.45) is 2.96. The van der Waals surface area contributed by atoms with Crippen LogP contribution in [0.25, 0.3) is 0 Å². The van der Waals surface area contributed by atoms with E-state index in [1.165, 1.54) is 0 Å². The molecule has 0 aliphatic carbocycles. The average molecular weight is 243 g/mol. The molecular formula is C13H25NO3. The van der Waals surface area contributed by atoms with Gasteiger partial charge in [0.2, 0.25) is 5.91 Å². The van der Waals surface area contributed by atoms with E-state index in [2.05, 4.69) is 6.92 Å². The molecule has 100 valence electrons. The number of unbranched alkanes of at least 4 members (excludes halogenated alkanes) is 1. The van der Waals surface area contributed by atoms with Gasteiger partial charge in [-0.3, -0.25) is 4.79 Å². The maximum absolute atomic E-state index is 12.2. The number of hydrogen-bond donors (Lipinski definition) is 1. The fraction of sp³-hybridized carbons (Fsp3) is 0.923. The van der Waals surface area contributed by atoms with Crippen LogP contribution in [0.15, 0.2) is 0 Å². The van der Waals surface area contributed by atoms with Crippen molar-refractivity contribution in [2.45, 2.75) is 52.2 Å². The molecule has 1 aliphatic rings. The van der Waals surface area contributed by atoms with Crippen LogP contribution in [0.2, 0.25) is 0 Å². The van der Waals surface area contributed by atoms with Crippen molar-refractivity contribution in [2.75, 3.05) is 19.7 Å². The number of rotatable bonds is 5. The van der Waals surface area contributed by atoms with Gasteiger partial charge in [0.1, 0.15) is 0 Å². The molecule has 1 fully saturated rings. The number of aliphatic hydroxyl groups is 1. The quantitative estimate of drug-likeness (QED) is 0.794. The molecule has 0 radical (unpaired) electrons. The Morgan fingerprint density at radius 1 is 1.53 bits per heavy atom. The zero-order chi connectivity index (χ0) is 12.8. The first-order chi connectivity index (χ1) is 8.08. The molecule has 3 atom stereocenters. The number of hydrogen-bond acceptors (Lipinski definition) is 3. The van der Waals surface area contributed by atoms with Gasteiger partial charge in [-0.05, 0) is 13.3 Å². The summed E-state index contributed by atoms with van der Waals surface area (Å²) in [5.74, 6) is 0.284. The zero-order valence-electron chi connectivity index (χ0n) is 11.2. The van der Waals surface area contributed by atoms with Gasteiger partial charge in [0.25, 0.3) is 0 Å². The Balaban J connectivity index is 2.49. The lowest BCUT2D eigenvalue weighted by atomic mass is 10.0. The Morgan fingerprint density at radius 3 is 2.82 bits per heavy atom. The van der Waals surface area contributed by atoms with Crippen molar-refractivity contribution in [3.05, 3.63) is 0 Å². The second-order valence-corrected chi connectivity index (χ2v) is 5.04. The Labute approximate surface area is 104 Å². The molecule has 4 nitrogen and oxygen atoms in total. The predicted octanol–water partition coefficient (Wildman–Crippen LogP) is 1.42. The molecule has 0 saturated carbocycles. The molecule has 1 rings (SSSR count). The van der Waals surface area contributed by atoms with Gasteiger partial charge in [0.05, 0.1) is 18.8 Å². The van der Waals surface area contributed by atoms with E-state index in [9.17, 15) is 4.79 Å². The lowest BCUT2D eigenvalue weighted by Gasteiger charge is -2.37. The third-order valence-electron chi connectivity index (χ3n) is 3.25. The van der Waals surface area contributed by atoms with E-state index in [0.29, 0.717) is 13.1 Å². The van der Waals surface area contributed by atoms with Gasteiger partial charge in [0.15, 0.2) is 0 Å². The maximum atomic E-state index is 12.2. The summed E-state index contributed by atoms with van der Waals surface area (Å²) in [6.45, 7) is 7.22. The first kappa shape index (κ1) is 14.5. The Bertz CT molecular complexity index is 245. The minimum Gasteiger partial charge on any atom is -0.394 e. The molecule has 0 aromatic heterocycles. The number of ether oxygens (including phenoxy) is 1. The fourth-order valence-electron chi connectivity index (χ4n) is 2.27. The molecule has 0 aromatic rings. The third kappa shape index (κ3) is 4.28. The SMILES string of the molecule is CCCC[C@H](C)C(=O)N1C[C@H](CO)O[C@@H](C)C1. The monoisotopic (exact) mass is 243 g/mol. The van der Waals surface area contributed by atoms with Crippen LogP contribution >= 0.6 is 0 Å². The minimum atomic E-state index is -0.221. The van der Waals surface area contributed by atoms with Gasteiger partial charge in [-0.2, -0.15) is 0 Å². The number of nitrogens with zero attached hydrogens (tertiary/aromatic N) is 1. The highest BCUT2D eigenvalue weighted by atomic mass is 16.5. The van der Waals surface area contributed by atoms with Crippen LogP contribution in [0, 0.1) is 5.92 Å². The highest BCUT2D eigenvalue weighted by Crippen LogP contribution is 2.16. The highest BCUT2D eigenvalue weighted by Gasteiger charge is 2.29. The van der Waals surface area contributed by atoms with E-state index in [4.69, 9.17) is 9.84 Å². The van der Waals surface area contributed by atoms with Crippen LogP contribution in [0.1, 0.15) is 40.0 Å².